The van der Waals surface area contributed by atoms with E-state index in [1.165, 1.54) is 6.20 Å². The minimum absolute atomic E-state index is 0.0378. The third kappa shape index (κ3) is 4.08. The molecule has 0 saturated carbocycles. The van der Waals surface area contributed by atoms with Gasteiger partial charge in [0, 0.05) is 17.9 Å². The molecule has 0 aliphatic rings. The Morgan fingerprint density at radius 2 is 1.92 bits per heavy atom. The molecule has 2 aromatic heterocycles. The third-order valence-corrected chi connectivity index (χ3v) is 5.55. The fourth-order valence-corrected chi connectivity index (χ4v) is 4.00. The van der Waals surface area contributed by atoms with Crippen molar-refractivity contribution >= 4 is 21.4 Å². The van der Waals surface area contributed by atoms with Gasteiger partial charge in [0.25, 0.3) is 5.91 Å². The van der Waals surface area contributed by atoms with E-state index in [2.05, 4.69) is 15.4 Å². The maximum atomic E-state index is 12.4. The summed E-state index contributed by atoms with van der Waals surface area (Å²) in [5.74, 6) is -0.550. The predicted octanol–water partition coefficient (Wildman–Crippen LogP) is 1.69. The van der Waals surface area contributed by atoms with Gasteiger partial charge >= 0.3 is 0 Å². The number of benzene rings is 1. The molecule has 0 atom stereocenters. The fraction of sp³-hybridized carbons (Fsp3) is 0.278. The second-order valence-corrected chi connectivity index (χ2v) is 8.35. The van der Waals surface area contributed by atoms with Crippen molar-refractivity contribution in [3.63, 3.8) is 0 Å². The Kier molecular flexibility index (Phi) is 5.03. The number of nitrogens with zero attached hydrogens (tertiary/aromatic N) is 3. The van der Waals surface area contributed by atoms with Gasteiger partial charge < -0.3 is 5.32 Å². The van der Waals surface area contributed by atoms with Crippen molar-refractivity contribution in [2.75, 3.05) is 12.3 Å². The van der Waals surface area contributed by atoms with Crippen molar-refractivity contribution in [2.24, 2.45) is 0 Å². The average molecular weight is 372 g/mol. The molecule has 0 unspecified atom stereocenters. The molecule has 0 aliphatic heterocycles. The van der Waals surface area contributed by atoms with E-state index < -0.39 is 9.84 Å². The minimum Gasteiger partial charge on any atom is -0.351 e. The van der Waals surface area contributed by atoms with Crippen LogP contribution in [0, 0.1) is 13.8 Å². The average Bonchev–Trinajstić information content (AvgIpc) is 2.99. The van der Waals surface area contributed by atoms with Crippen LogP contribution in [-0.2, 0) is 15.6 Å². The summed E-state index contributed by atoms with van der Waals surface area (Å²) in [5, 5.41) is 6.81. The van der Waals surface area contributed by atoms with Crippen LogP contribution in [0.3, 0.4) is 0 Å². The van der Waals surface area contributed by atoms with E-state index in [0.717, 1.165) is 17.0 Å². The van der Waals surface area contributed by atoms with Crippen LogP contribution >= 0.6 is 0 Å². The maximum absolute atomic E-state index is 12.4. The van der Waals surface area contributed by atoms with Crippen molar-refractivity contribution in [3.05, 3.63) is 65.1 Å². The zero-order valence-electron chi connectivity index (χ0n) is 14.6. The molecule has 1 amide bonds. The molecule has 0 radical (unpaired) electrons. The first-order valence-electron chi connectivity index (χ1n) is 8.20. The summed E-state index contributed by atoms with van der Waals surface area (Å²) in [4.78, 5) is 16.7. The lowest BCUT2D eigenvalue weighted by molar-refractivity contribution is 0.0957. The summed E-state index contributed by atoms with van der Waals surface area (Å²) < 4.78 is 26.0. The highest BCUT2D eigenvalue weighted by Gasteiger charge is 2.17. The normalized spacial score (nSPS) is 11.6. The third-order valence-electron chi connectivity index (χ3n) is 3.95. The molecule has 7 nitrogen and oxygen atoms in total. The lowest BCUT2D eigenvalue weighted by Crippen LogP contribution is -2.29. The first kappa shape index (κ1) is 18.1. The lowest BCUT2D eigenvalue weighted by Gasteiger charge is -2.07. The number of carbonyl (C=O) groups excluding carboxylic acids is 1. The Hall–Kier alpha value is -2.74. The van der Waals surface area contributed by atoms with Gasteiger partial charge in [0.05, 0.1) is 17.7 Å². The number of carbonyl (C=O) groups is 1. The van der Waals surface area contributed by atoms with Crippen LogP contribution in [-0.4, -0.2) is 41.2 Å². The first-order chi connectivity index (χ1) is 12.4. The van der Waals surface area contributed by atoms with Crippen LogP contribution in [0.5, 0.6) is 0 Å². The van der Waals surface area contributed by atoms with Gasteiger partial charge in [-0.1, -0.05) is 30.3 Å². The molecular formula is C18H20N4O3S. The molecule has 0 bridgehead atoms. The number of hydrogen-bond donors (Lipinski definition) is 1. The largest absolute Gasteiger partial charge is 0.351 e. The Morgan fingerprint density at radius 3 is 2.65 bits per heavy atom. The first-order valence-corrected chi connectivity index (χ1v) is 10.0. The number of amides is 1. The number of sulfone groups is 1. The summed E-state index contributed by atoms with van der Waals surface area (Å²) in [6, 6.07) is 10.8. The van der Waals surface area contributed by atoms with Gasteiger partial charge in [0.1, 0.15) is 5.56 Å². The van der Waals surface area contributed by atoms with Gasteiger partial charge in [0.15, 0.2) is 15.5 Å². The van der Waals surface area contributed by atoms with E-state index >= 15 is 0 Å². The van der Waals surface area contributed by atoms with Crippen molar-refractivity contribution < 1.29 is 13.2 Å². The van der Waals surface area contributed by atoms with Crippen molar-refractivity contribution in [2.45, 2.75) is 19.6 Å². The Bertz CT molecular complexity index is 1040. The smallest absolute Gasteiger partial charge is 0.256 e. The number of rotatable bonds is 6. The van der Waals surface area contributed by atoms with Gasteiger partial charge in [-0.3, -0.25) is 4.79 Å². The molecule has 3 aromatic rings. The molecule has 26 heavy (non-hydrogen) atoms. The summed E-state index contributed by atoms with van der Waals surface area (Å²) in [6.45, 7) is 3.76. The van der Waals surface area contributed by atoms with Gasteiger partial charge in [-0.15, -0.1) is 0 Å². The molecule has 1 aromatic carbocycles. The second kappa shape index (κ2) is 7.25. The van der Waals surface area contributed by atoms with E-state index in [4.69, 9.17) is 0 Å². The van der Waals surface area contributed by atoms with Crippen LogP contribution in [0.2, 0.25) is 0 Å². The highest BCUT2D eigenvalue weighted by atomic mass is 32.2. The van der Waals surface area contributed by atoms with Gasteiger partial charge in [-0.25, -0.2) is 17.9 Å². The Balaban J connectivity index is 1.64. The highest BCUT2D eigenvalue weighted by molar-refractivity contribution is 7.90. The van der Waals surface area contributed by atoms with Crippen LogP contribution < -0.4 is 5.32 Å². The zero-order chi connectivity index (χ0) is 18.7. The molecule has 2 heterocycles. The summed E-state index contributed by atoms with van der Waals surface area (Å²) in [5.41, 5.74) is 3.19. The Morgan fingerprint density at radius 1 is 1.19 bits per heavy atom. The van der Waals surface area contributed by atoms with Gasteiger partial charge in [-0.05, 0) is 25.5 Å². The highest BCUT2D eigenvalue weighted by Crippen LogP contribution is 2.12. The zero-order valence-corrected chi connectivity index (χ0v) is 15.5. The van der Waals surface area contributed by atoms with Crippen LogP contribution in [0.4, 0.5) is 0 Å². The van der Waals surface area contributed by atoms with Crippen LogP contribution in [0.25, 0.3) is 5.65 Å². The van der Waals surface area contributed by atoms with E-state index in [-0.39, 0.29) is 24.0 Å². The molecular weight excluding hydrogens is 352 g/mol. The Labute approximate surface area is 152 Å². The topological polar surface area (TPSA) is 93.4 Å². The molecule has 136 valence electrons. The van der Waals surface area contributed by atoms with E-state index in [1.54, 1.807) is 28.8 Å². The standard InChI is InChI=1S/C18H20N4O3S/c1-13-10-14(2)22-17(21-13)16(11-20-22)18(23)19-8-9-26(24,25)12-15-6-4-3-5-7-15/h3-7,10-11H,8-9,12H2,1-2H3,(H,19,23). The quantitative estimate of drug-likeness (QED) is 0.711. The molecule has 8 heteroatoms. The molecule has 0 saturated heterocycles. The van der Waals surface area contributed by atoms with Gasteiger partial charge in [0.2, 0.25) is 0 Å². The van der Waals surface area contributed by atoms with E-state index in [0.29, 0.717) is 11.2 Å². The number of fused-ring (bicyclic) bond motifs is 1. The summed E-state index contributed by atoms with van der Waals surface area (Å²) in [7, 11) is -3.31. The fourth-order valence-electron chi connectivity index (χ4n) is 2.75. The van der Waals surface area contributed by atoms with Crippen LogP contribution in [0.15, 0.2) is 42.6 Å². The number of aryl methyl sites for hydroxylation is 2. The van der Waals surface area contributed by atoms with Crippen LogP contribution in [0.1, 0.15) is 27.3 Å². The molecule has 0 fully saturated rings. The molecule has 0 aliphatic carbocycles. The van der Waals surface area contributed by atoms with E-state index in [9.17, 15) is 13.2 Å². The predicted molar refractivity (Wildman–Crippen MR) is 98.7 cm³/mol. The second-order valence-electron chi connectivity index (χ2n) is 6.17. The van der Waals surface area contributed by atoms with E-state index in [1.807, 2.05) is 26.0 Å². The van der Waals surface area contributed by atoms with Crippen molar-refractivity contribution in [3.8, 4) is 0 Å². The maximum Gasteiger partial charge on any atom is 0.256 e. The number of aromatic nitrogens is 3. The van der Waals surface area contributed by atoms with Crippen molar-refractivity contribution in [1.82, 2.24) is 19.9 Å². The van der Waals surface area contributed by atoms with Gasteiger partial charge in [-0.2, -0.15) is 5.10 Å². The SMILES string of the molecule is Cc1cc(C)n2ncc(C(=O)NCCS(=O)(=O)Cc3ccccc3)c2n1. The van der Waals surface area contributed by atoms with Crippen molar-refractivity contribution in [1.29, 1.82) is 0 Å². The molecule has 0 spiro atoms. The molecule has 3 rings (SSSR count). The number of hydrogen-bond acceptors (Lipinski definition) is 5. The molecule has 1 N–H and O–H groups in total. The lowest BCUT2D eigenvalue weighted by atomic mass is 10.2. The summed E-state index contributed by atoms with van der Waals surface area (Å²) in [6.07, 6.45) is 1.45. The minimum atomic E-state index is -3.31. The monoisotopic (exact) mass is 372 g/mol. The summed E-state index contributed by atoms with van der Waals surface area (Å²) >= 11 is 0. The number of nitrogens with one attached hydrogen (secondary N) is 1.